The van der Waals surface area contributed by atoms with Gasteiger partial charge in [0.25, 0.3) is 0 Å². The molecule has 1 aliphatic rings. The Morgan fingerprint density at radius 1 is 1.53 bits per heavy atom. The third-order valence-corrected chi connectivity index (χ3v) is 4.60. The Morgan fingerprint density at radius 2 is 2.18 bits per heavy atom. The topological polar surface area (TPSA) is 55.1 Å². The molecule has 0 spiro atoms. The van der Waals surface area contributed by atoms with E-state index in [0.717, 1.165) is 12.1 Å². The molecule has 1 aromatic rings. The zero-order chi connectivity index (χ0) is 12.5. The monoisotopic (exact) mass is 270 g/mol. The summed E-state index contributed by atoms with van der Waals surface area (Å²) in [4.78, 5) is 11.7. The lowest BCUT2D eigenvalue weighted by Gasteiger charge is -2.27. The van der Waals surface area contributed by atoms with E-state index < -0.39 is 5.54 Å². The molecule has 3 N–H and O–H groups in total. The maximum Gasteiger partial charge on any atom is 0.244 e. The van der Waals surface area contributed by atoms with Gasteiger partial charge in [-0.2, -0.15) is 11.8 Å². The van der Waals surface area contributed by atoms with E-state index in [0.29, 0.717) is 16.0 Å². The molecule has 2 rings (SSSR count). The lowest BCUT2D eigenvalue weighted by atomic mass is 9.95. The summed E-state index contributed by atoms with van der Waals surface area (Å²) in [5.41, 5.74) is 5.78. The number of rotatable bonds is 3. The average molecular weight is 271 g/mol. The van der Waals surface area contributed by atoms with Gasteiger partial charge in [0.2, 0.25) is 5.91 Å². The van der Waals surface area contributed by atoms with E-state index in [1.54, 1.807) is 23.9 Å². The molecule has 1 aliphatic heterocycles. The molecule has 5 heteroatoms. The number of thioether (sulfide) groups is 1. The second kappa shape index (κ2) is 4.78. The molecule has 0 bridgehead atoms. The molecule has 0 aliphatic carbocycles. The fraction of sp³-hybridized carbons (Fsp3) is 0.417. The van der Waals surface area contributed by atoms with Gasteiger partial charge in [-0.25, -0.2) is 0 Å². The van der Waals surface area contributed by atoms with E-state index >= 15 is 0 Å². The fourth-order valence-corrected chi connectivity index (χ4v) is 3.45. The quantitative estimate of drug-likeness (QED) is 0.887. The lowest BCUT2D eigenvalue weighted by molar-refractivity contribution is -0.121. The predicted molar refractivity (Wildman–Crippen MR) is 73.5 cm³/mol. The van der Waals surface area contributed by atoms with Gasteiger partial charge in [0.1, 0.15) is 5.54 Å². The van der Waals surface area contributed by atoms with Crippen LogP contribution in [0.15, 0.2) is 24.3 Å². The standard InChI is InChI=1S/C12H15ClN2OS/c1-8-6-12(7-17-8,11(14)16)15-10-4-2-9(13)3-5-10/h2-5,8,15H,6-7H2,1H3,(H2,14,16). The van der Waals surface area contributed by atoms with E-state index in [4.69, 9.17) is 17.3 Å². The van der Waals surface area contributed by atoms with Crippen molar-refractivity contribution in [2.75, 3.05) is 11.1 Å². The van der Waals surface area contributed by atoms with E-state index in [2.05, 4.69) is 12.2 Å². The third kappa shape index (κ3) is 2.69. The van der Waals surface area contributed by atoms with Crippen molar-refractivity contribution in [2.45, 2.75) is 24.1 Å². The number of hydrogen-bond acceptors (Lipinski definition) is 3. The highest BCUT2D eigenvalue weighted by molar-refractivity contribution is 8.00. The van der Waals surface area contributed by atoms with Crippen molar-refractivity contribution in [3.8, 4) is 0 Å². The van der Waals surface area contributed by atoms with Crippen LogP contribution in [-0.2, 0) is 4.79 Å². The highest BCUT2D eigenvalue weighted by Gasteiger charge is 2.43. The molecule has 1 fully saturated rings. The van der Waals surface area contributed by atoms with Crippen LogP contribution in [0, 0.1) is 0 Å². The maximum absolute atomic E-state index is 11.7. The molecule has 0 aromatic heterocycles. The number of primary amides is 1. The Bertz CT molecular complexity index is 423. The molecule has 92 valence electrons. The van der Waals surface area contributed by atoms with E-state index in [-0.39, 0.29) is 5.91 Å². The number of amides is 1. The van der Waals surface area contributed by atoms with Gasteiger partial charge in [0, 0.05) is 21.7 Å². The van der Waals surface area contributed by atoms with E-state index in [1.807, 2.05) is 12.1 Å². The minimum atomic E-state index is -0.627. The van der Waals surface area contributed by atoms with E-state index in [9.17, 15) is 4.79 Å². The smallest absolute Gasteiger partial charge is 0.244 e. The summed E-state index contributed by atoms with van der Waals surface area (Å²) in [5, 5.41) is 4.38. The average Bonchev–Trinajstić information content (AvgIpc) is 2.65. The van der Waals surface area contributed by atoms with Gasteiger partial charge in [-0.15, -0.1) is 0 Å². The fourth-order valence-electron chi connectivity index (χ4n) is 2.02. The SMILES string of the molecule is CC1CC(Nc2ccc(Cl)cc2)(C(N)=O)CS1. The highest BCUT2D eigenvalue weighted by atomic mass is 35.5. The van der Waals surface area contributed by atoms with Crippen molar-refractivity contribution in [1.29, 1.82) is 0 Å². The first-order chi connectivity index (χ1) is 8.02. The summed E-state index contributed by atoms with van der Waals surface area (Å²) in [6, 6.07) is 7.32. The van der Waals surface area contributed by atoms with Crippen molar-refractivity contribution in [2.24, 2.45) is 5.73 Å². The first kappa shape index (κ1) is 12.6. The van der Waals surface area contributed by atoms with Crippen molar-refractivity contribution in [1.82, 2.24) is 0 Å². The summed E-state index contributed by atoms with van der Waals surface area (Å²) in [6.07, 6.45) is 0.760. The van der Waals surface area contributed by atoms with Gasteiger partial charge in [-0.05, 0) is 30.7 Å². The summed E-state index contributed by atoms with van der Waals surface area (Å²) in [5.74, 6) is 0.427. The molecule has 1 heterocycles. The van der Waals surface area contributed by atoms with Crippen LogP contribution in [0.4, 0.5) is 5.69 Å². The van der Waals surface area contributed by atoms with Gasteiger partial charge in [0.15, 0.2) is 0 Å². The van der Waals surface area contributed by atoms with E-state index in [1.165, 1.54) is 0 Å². The van der Waals surface area contributed by atoms with Crippen molar-refractivity contribution in [3.05, 3.63) is 29.3 Å². The summed E-state index contributed by atoms with van der Waals surface area (Å²) in [6.45, 7) is 2.11. The van der Waals surface area contributed by atoms with Crippen molar-refractivity contribution < 1.29 is 4.79 Å². The number of hydrogen-bond donors (Lipinski definition) is 2. The molecule has 1 aromatic carbocycles. The van der Waals surface area contributed by atoms with Crippen LogP contribution in [0.25, 0.3) is 0 Å². The second-order valence-corrected chi connectivity index (χ2v) is 6.27. The molecular formula is C12H15ClN2OS. The first-order valence-corrected chi connectivity index (χ1v) is 6.90. The number of carbonyl (C=O) groups excluding carboxylic acids is 1. The van der Waals surface area contributed by atoms with Crippen molar-refractivity contribution in [3.63, 3.8) is 0 Å². The number of nitrogens with two attached hydrogens (primary N) is 1. The largest absolute Gasteiger partial charge is 0.371 e. The molecule has 17 heavy (non-hydrogen) atoms. The molecule has 1 saturated heterocycles. The second-order valence-electron chi connectivity index (χ2n) is 4.40. The van der Waals surface area contributed by atoms with Crippen LogP contribution >= 0.6 is 23.4 Å². The van der Waals surface area contributed by atoms with Crippen LogP contribution in [0.3, 0.4) is 0 Å². The maximum atomic E-state index is 11.7. The number of halogens is 1. The Balaban J connectivity index is 2.19. The minimum absolute atomic E-state index is 0.288. The van der Waals surface area contributed by atoms with Gasteiger partial charge in [0.05, 0.1) is 0 Å². The Morgan fingerprint density at radius 3 is 2.65 bits per heavy atom. The Hall–Kier alpha value is -0.870. The van der Waals surface area contributed by atoms with Gasteiger partial charge >= 0.3 is 0 Å². The third-order valence-electron chi connectivity index (χ3n) is 2.95. The molecule has 2 atom stereocenters. The van der Waals surface area contributed by atoms with Crippen LogP contribution in [0.5, 0.6) is 0 Å². The van der Waals surface area contributed by atoms with Crippen LogP contribution in [0.1, 0.15) is 13.3 Å². The minimum Gasteiger partial charge on any atom is -0.371 e. The Labute approximate surface area is 110 Å². The summed E-state index contributed by atoms with van der Waals surface area (Å²) >= 11 is 7.59. The molecule has 3 nitrogen and oxygen atoms in total. The molecule has 2 unspecified atom stereocenters. The van der Waals surface area contributed by atoms with Gasteiger partial charge in [-0.1, -0.05) is 18.5 Å². The molecule has 1 amide bonds. The molecule has 0 saturated carbocycles. The highest BCUT2D eigenvalue weighted by Crippen LogP contribution is 2.36. The number of benzene rings is 1. The van der Waals surface area contributed by atoms with Crippen molar-refractivity contribution >= 4 is 35.0 Å². The zero-order valence-electron chi connectivity index (χ0n) is 9.57. The predicted octanol–water partition coefficient (Wildman–Crippen LogP) is 2.50. The van der Waals surface area contributed by atoms with Crippen LogP contribution < -0.4 is 11.1 Å². The normalized spacial score (nSPS) is 28.0. The number of carbonyl (C=O) groups is 1. The summed E-state index contributed by atoms with van der Waals surface area (Å²) in [7, 11) is 0. The van der Waals surface area contributed by atoms with Gasteiger partial charge < -0.3 is 11.1 Å². The lowest BCUT2D eigenvalue weighted by Crippen LogP contribution is -2.51. The Kier molecular flexibility index (Phi) is 3.54. The first-order valence-electron chi connectivity index (χ1n) is 5.47. The van der Waals surface area contributed by atoms with Gasteiger partial charge in [-0.3, -0.25) is 4.79 Å². The van der Waals surface area contributed by atoms with Crippen LogP contribution in [-0.4, -0.2) is 22.4 Å². The zero-order valence-corrected chi connectivity index (χ0v) is 11.1. The molecular weight excluding hydrogens is 256 g/mol. The molecule has 0 radical (unpaired) electrons. The number of anilines is 1. The van der Waals surface area contributed by atoms with Crippen LogP contribution in [0.2, 0.25) is 5.02 Å². The summed E-state index contributed by atoms with van der Waals surface area (Å²) < 4.78 is 0. The number of nitrogens with one attached hydrogen (secondary N) is 1.